The van der Waals surface area contributed by atoms with Gasteiger partial charge < -0.3 is 20.1 Å². The molecule has 10 heteroatoms. The number of pyridine rings is 1. The van der Waals surface area contributed by atoms with Crippen LogP contribution in [0.5, 0.6) is 11.5 Å². The molecule has 4 aromatic rings. The van der Waals surface area contributed by atoms with Gasteiger partial charge >= 0.3 is 6.03 Å². The number of nitrogens with zero attached hydrogens (tertiary/aromatic N) is 3. The minimum absolute atomic E-state index is 0.00252. The Morgan fingerprint density at radius 2 is 1.64 bits per heavy atom. The zero-order valence-electron chi connectivity index (χ0n) is 22.4. The van der Waals surface area contributed by atoms with Crippen molar-refractivity contribution in [3.05, 3.63) is 90.4 Å². The zero-order chi connectivity index (χ0) is 27.8. The van der Waals surface area contributed by atoms with Crippen LogP contribution in [0.3, 0.4) is 0 Å². The van der Waals surface area contributed by atoms with E-state index in [-0.39, 0.29) is 17.9 Å². The van der Waals surface area contributed by atoms with Crippen LogP contribution in [0.1, 0.15) is 32.0 Å². The van der Waals surface area contributed by atoms with E-state index < -0.39 is 6.03 Å². The Labute approximate surface area is 227 Å². The van der Waals surface area contributed by atoms with E-state index in [1.54, 1.807) is 53.5 Å². The summed E-state index contributed by atoms with van der Waals surface area (Å²) in [4.78, 5) is 28.7. The van der Waals surface area contributed by atoms with Crippen LogP contribution in [-0.4, -0.2) is 40.4 Å². The van der Waals surface area contributed by atoms with Crippen molar-refractivity contribution in [2.75, 3.05) is 24.4 Å². The molecular weight excluding hydrogens is 496 g/mol. The summed E-state index contributed by atoms with van der Waals surface area (Å²) < 4.78 is 12.3. The number of carbonyl (C=O) groups excluding carboxylic acids is 2. The van der Waals surface area contributed by atoms with Crippen LogP contribution >= 0.6 is 0 Å². The summed E-state index contributed by atoms with van der Waals surface area (Å²) in [5, 5.41) is 13.4. The van der Waals surface area contributed by atoms with Crippen molar-refractivity contribution in [1.29, 1.82) is 0 Å². The molecule has 0 fully saturated rings. The van der Waals surface area contributed by atoms with Gasteiger partial charge in [-0.25, -0.2) is 9.48 Å². The van der Waals surface area contributed by atoms with Crippen LogP contribution in [0.4, 0.5) is 16.3 Å². The number of amides is 3. The van der Waals surface area contributed by atoms with E-state index in [4.69, 9.17) is 14.6 Å². The largest absolute Gasteiger partial charge is 0.457 e. The molecule has 3 amide bonds. The number of urea groups is 1. The second-order valence-electron chi connectivity index (χ2n) is 9.84. The average molecular weight is 529 g/mol. The molecule has 0 bridgehead atoms. The van der Waals surface area contributed by atoms with E-state index >= 15 is 0 Å². The maximum atomic E-state index is 12.9. The van der Waals surface area contributed by atoms with Crippen molar-refractivity contribution < 1.29 is 19.1 Å². The van der Waals surface area contributed by atoms with Crippen molar-refractivity contribution in [3.63, 3.8) is 0 Å². The Kier molecular flexibility index (Phi) is 8.57. The minimum Gasteiger partial charge on any atom is -0.457 e. The van der Waals surface area contributed by atoms with Crippen LogP contribution in [0, 0.1) is 0 Å². The molecule has 0 aliphatic carbocycles. The van der Waals surface area contributed by atoms with Gasteiger partial charge in [0.25, 0.3) is 0 Å². The lowest BCUT2D eigenvalue weighted by atomic mass is 9.92. The van der Waals surface area contributed by atoms with Gasteiger partial charge in [0.15, 0.2) is 0 Å². The normalized spacial score (nSPS) is 11.1. The first-order valence-corrected chi connectivity index (χ1v) is 12.4. The smallest absolute Gasteiger partial charge is 0.324 e. The first kappa shape index (κ1) is 27.3. The Morgan fingerprint density at radius 1 is 0.923 bits per heavy atom. The third-order valence-electron chi connectivity index (χ3n) is 5.64. The van der Waals surface area contributed by atoms with E-state index in [2.05, 4.69) is 41.7 Å². The maximum absolute atomic E-state index is 12.9. The monoisotopic (exact) mass is 528 g/mol. The fourth-order valence-electron chi connectivity index (χ4n) is 3.64. The number of methoxy groups -OCH3 is 1. The number of carbonyl (C=O) groups is 2. The van der Waals surface area contributed by atoms with Gasteiger partial charge in [-0.15, -0.1) is 0 Å². The van der Waals surface area contributed by atoms with Crippen molar-refractivity contribution in [1.82, 2.24) is 20.1 Å². The van der Waals surface area contributed by atoms with Gasteiger partial charge in [-0.3, -0.25) is 15.1 Å². The van der Waals surface area contributed by atoms with E-state index in [1.165, 1.54) is 7.11 Å². The fourth-order valence-corrected chi connectivity index (χ4v) is 3.64. The molecule has 39 heavy (non-hydrogen) atoms. The molecule has 2 heterocycles. The molecule has 0 saturated carbocycles. The van der Waals surface area contributed by atoms with Gasteiger partial charge in [0.1, 0.15) is 23.9 Å². The first-order chi connectivity index (χ1) is 18.7. The van der Waals surface area contributed by atoms with Gasteiger partial charge in [-0.05, 0) is 54.1 Å². The summed E-state index contributed by atoms with van der Waals surface area (Å²) in [7, 11) is 1.48. The van der Waals surface area contributed by atoms with E-state index in [1.807, 2.05) is 30.3 Å². The van der Waals surface area contributed by atoms with E-state index in [0.29, 0.717) is 29.5 Å². The molecule has 3 N–H and O–H groups in total. The molecule has 0 aliphatic heterocycles. The van der Waals surface area contributed by atoms with Crippen LogP contribution in [0.15, 0.2) is 79.1 Å². The number of hydrogen-bond acceptors (Lipinski definition) is 6. The van der Waals surface area contributed by atoms with Crippen molar-refractivity contribution in [2.24, 2.45) is 0 Å². The summed E-state index contributed by atoms with van der Waals surface area (Å²) >= 11 is 0. The van der Waals surface area contributed by atoms with Crippen LogP contribution in [-0.2, 0) is 21.5 Å². The highest BCUT2D eigenvalue weighted by Crippen LogP contribution is 2.27. The molecule has 2 aromatic carbocycles. The standard InChI is InChI=1S/C29H32N6O4/c1-29(2,3)25-17-26(35(34-25)22-7-5-6-20(16-22)18-31-27(36)19-38-4)33-28(37)32-21-8-10-23(11-9-21)39-24-12-14-30-15-13-24/h5-17H,18-19H2,1-4H3,(H,31,36)(H2,32,33,37). The number of ether oxygens (including phenoxy) is 2. The number of aromatic nitrogens is 3. The molecule has 0 radical (unpaired) electrons. The number of rotatable bonds is 9. The van der Waals surface area contributed by atoms with Crippen molar-refractivity contribution in [2.45, 2.75) is 32.7 Å². The second-order valence-corrected chi connectivity index (χ2v) is 9.84. The van der Waals surface area contributed by atoms with E-state index in [0.717, 1.165) is 16.9 Å². The van der Waals surface area contributed by atoms with Gasteiger partial charge in [-0.1, -0.05) is 32.9 Å². The third kappa shape index (κ3) is 7.65. The number of nitrogens with one attached hydrogen (secondary N) is 3. The highest BCUT2D eigenvalue weighted by molar-refractivity contribution is 5.99. The van der Waals surface area contributed by atoms with Gasteiger partial charge in [0.2, 0.25) is 5.91 Å². The van der Waals surface area contributed by atoms with Gasteiger partial charge in [0, 0.05) is 43.2 Å². The Bertz CT molecular complexity index is 1410. The molecule has 10 nitrogen and oxygen atoms in total. The number of hydrogen-bond donors (Lipinski definition) is 3. The van der Waals surface area contributed by atoms with Crippen molar-refractivity contribution >= 4 is 23.4 Å². The number of anilines is 2. The molecule has 0 unspecified atom stereocenters. The lowest BCUT2D eigenvalue weighted by Gasteiger charge is -2.14. The van der Waals surface area contributed by atoms with Crippen molar-refractivity contribution in [3.8, 4) is 17.2 Å². The van der Waals surface area contributed by atoms with Crippen LogP contribution < -0.4 is 20.7 Å². The number of benzene rings is 2. The van der Waals surface area contributed by atoms with Gasteiger partial charge in [0.05, 0.1) is 11.4 Å². The van der Waals surface area contributed by atoms with Crippen LogP contribution in [0.2, 0.25) is 0 Å². The van der Waals surface area contributed by atoms with Gasteiger partial charge in [-0.2, -0.15) is 5.10 Å². The highest BCUT2D eigenvalue weighted by atomic mass is 16.5. The Balaban J connectivity index is 1.48. The molecule has 0 atom stereocenters. The molecule has 2 aromatic heterocycles. The lowest BCUT2D eigenvalue weighted by Crippen LogP contribution is -2.26. The fraction of sp³-hybridized carbons (Fsp3) is 0.241. The third-order valence-corrected chi connectivity index (χ3v) is 5.64. The second kappa shape index (κ2) is 12.2. The Morgan fingerprint density at radius 3 is 2.33 bits per heavy atom. The topological polar surface area (TPSA) is 119 Å². The van der Waals surface area contributed by atoms with E-state index in [9.17, 15) is 9.59 Å². The first-order valence-electron chi connectivity index (χ1n) is 12.4. The molecule has 0 aliphatic rings. The average Bonchev–Trinajstić information content (AvgIpc) is 3.34. The summed E-state index contributed by atoms with van der Waals surface area (Å²) in [5.74, 6) is 1.62. The predicted octanol–water partition coefficient (Wildman–Crippen LogP) is 5.26. The molecule has 0 spiro atoms. The minimum atomic E-state index is -0.414. The summed E-state index contributed by atoms with van der Waals surface area (Å²) in [6, 6.07) is 19.6. The predicted molar refractivity (Wildman–Crippen MR) is 149 cm³/mol. The molecular formula is C29H32N6O4. The summed E-state index contributed by atoms with van der Waals surface area (Å²) in [5.41, 5.74) is 2.81. The molecule has 202 valence electrons. The summed E-state index contributed by atoms with van der Waals surface area (Å²) in [6.45, 7) is 6.51. The highest BCUT2D eigenvalue weighted by Gasteiger charge is 2.22. The SMILES string of the molecule is COCC(=O)NCc1cccc(-n2nc(C(C)(C)C)cc2NC(=O)Nc2ccc(Oc3ccncc3)cc2)c1. The quantitative estimate of drug-likeness (QED) is 0.273. The zero-order valence-corrected chi connectivity index (χ0v) is 22.4. The molecule has 4 rings (SSSR count). The molecule has 0 saturated heterocycles. The Hall–Kier alpha value is -4.70. The lowest BCUT2D eigenvalue weighted by molar-refractivity contribution is -0.124. The maximum Gasteiger partial charge on any atom is 0.324 e. The van der Waals surface area contributed by atoms with Crippen LogP contribution in [0.25, 0.3) is 5.69 Å². The summed E-state index contributed by atoms with van der Waals surface area (Å²) in [6.07, 6.45) is 3.31.